The highest BCUT2D eigenvalue weighted by Gasteiger charge is 2.47. The summed E-state index contributed by atoms with van der Waals surface area (Å²) in [5, 5.41) is 1.50. The van der Waals surface area contributed by atoms with Crippen LogP contribution in [-0.2, 0) is 16.3 Å². The van der Waals surface area contributed by atoms with E-state index in [-0.39, 0.29) is 23.6 Å². The van der Waals surface area contributed by atoms with Crippen molar-refractivity contribution in [3.05, 3.63) is 59.1 Å². The first-order chi connectivity index (χ1) is 13.4. The molecule has 0 N–H and O–H groups in total. The number of ether oxygens (including phenoxy) is 1. The standard InChI is InChI=1S/C20H21ClN2O3S2/c1-26-17-7-5-14(6-8-17)9-10-27-20-22-18-12-28(24,25)13-19(18)23(20)16-4-2-3-15(21)11-16/h2-8,11,18-19H,9-10,12-13H2,1H3/t18-,19-/m0/s1. The Hall–Kier alpha value is -1.70. The molecule has 148 valence electrons. The third-order valence-corrected chi connectivity index (χ3v) is 7.88. The zero-order chi connectivity index (χ0) is 19.7. The molecule has 1 fully saturated rings. The van der Waals surface area contributed by atoms with Crippen LogP contribution < -0.4 is 9.64 Å². The van der Waals surface area contributed by atoms with Crippen LogP contribution in [0.1, 0.15) is 5.56 Å². The highest BCUT2D eigenvalue weighted by atomic mass is 35.5. The molecule has 0 bridgehead atoms. The Bertz CT molecular complexity index is 993. The Labute approximate surface area is 174 Å². The molecule has 0 radical (unpaired) electrons. The second-order valence-corrected chi connectivity index (χ2v) is 10.6. The average Bonchev–Trinajstić information content (AvgIpc) is 3.13. The molecule has 5 nitrogen and oxygen atoms in total. The van der Waals surface area contributed by atoms with Gasteiger partial charge in [-0.2, -0.15) is 0 Å². The number of aryl methyl sites for hydroxylation is 1. The van der Waals surface area contributed by atoms with Gasteiger partial charge < -0.3 is 9.64 Å². The first kappa shape index (κ1) is 19.6. The first-order valence-corrected chi connectivity index (χ1v) is 12.2. The van der Waals surface area contributed by atoms with Crippen molar-refractivity contribution in [2.75, 3.05) is 29.3 Å². The number of hydrogen-bond donors (Lipinski definition) is 0. The van der Waals surface area contributed by atoms with Gasteiger partial charge in [0.25, 0.3) is 0 Å². The van der Waals surface area contributed by atoms with E-state index in [1.165, 1.54) is 5.56 Å². The number of hydrogen-bond acceptors (Lipinski definition) is 6. The first-order valence-electron chi connectivity index (χ1n) is 9.04. The molecule has 28 heavy (non-hydrogen) atoms. The fraction of sp³-hybridized carbons (Fsp3) is 0.350. The van der Waals surface area contributed by atoms with Crippen LogP contribution in [0, 0.1) is 0 Å². The lowest BCUT2D eigenvalue weighted by Gasteiger charge is -2.26. The minimum atomic E-state index is -3.05. The number of anilines is 1. The number of halogens is 1. The van der Waals surface area contributed by atoms with E-state index in [1.807, 2.05) is 36.4 Å². The molecule has 2 atom stereocenters. The van der Waals surface area contributed by atoms with E-state index in [1.54, 1.807) is 18.9 Å². The van der Waals surface area contributed by atoms with Crippen LogP contribution in [0.25, 0.3) is 0 Å². The van der Waals surface area contributed by atoms with Gasteiger partial charge in [0.15, 0.2) is 15.0 Å². The molecule has 2 aromatic carbocycles. The predicted octanol–water partition coefficient (Wildman–Crippen LogP) is 3.67. The number of thioether (sulfide) groups is 1. The summed E-state index contributed by atoms with van der Waals surface area (Å²) >= 11 is 7.84. The van der Waals surface area contributed by atoms with Crippen molar-refractivity contribution < 1.29 is 13.2 Å². The number of methoxy groups -OCH3 is 1. The fourth-order valence-electron chi connectivity index (χ4n) is 3.61. The van der Waals surface area contributed by atoms with Gasteiger partial charge in [-0.05, 0) is 42.3 Å². The minimum Gasteiger partial charge on any atom is -0.497 e. The average molecular weight is 437 g/mol. The van der Waals surface area contributed by atoms with Crippen molar-refractivity contribution in [3.8, 4) is 5.75 Å². The van der Waals surface area contributed by atoms with Crippen molar-refractivity contribution in [1.29, 1.82) is 0 Å². The maximum Gasteiger partial charge on any atom is 0.164 e. The topological polar surface area (TPSA) is 59.0 Å². The number of fused-ring (bicyclic) bond motifs is 1. The van der Waals surface area contributed by atoms with E-state index < -0.39 is 9.84 Å². The Morgan fingerprint density at radius 2 is 2.00 bits per heavy atom. The number of nitrogens with zero attached hydrogens (tertiary/aromatic N) is 2. The molecule has 0 aliphatic carbocycles. The monoisotopic (exact) mass is 436 g/mol. The van der Waals surface area contributed by atoms with Crippen molar-refractivity contribution in [3.63, 3.8) is 0 Å². The van der Waals surface area contributed by atoms with Gasteiger partial charge in [0.05, 0.1) is 30.7 Å². The molecule has 8 heteroatoms. The number of rotatable bonds is 5. The van der Waals surface area contributed by atoms with Crippen LogP contribution in [0.2, 0.25) is 5.02 Å². The van der Waals surface area contributed by atoms with Crippen molar-refractivity contribution in [1.82, 2.24) is 0 Å². The summed E-state index contributed by atoms with van der Waals surface area (Å²) < 4.78 is 29.4. The summed E-state index contributed by atoms with van der Waals surface area (Å²) in [4.78, 5) is 6.81. The van der Waals surface area contributed by atoms with Crippen molar-refractivity contribution in [2.24, 2.45) is 4.99 Å². The van der Waals surface area contributed by atoms with Crippen LogP contribution in [0.5, 0.6) is 5.75 Å². The molecule has 2 aromatic rings. The van der Waals surface area contributed by atoms with E-state index in [4.69, 9.17) is 21.3 Å². The van der Waals surface area contributed by atoms with E-state index in [0.29, 0.717) is 5.02 Å². The zero-order valence-corrected chi connectivity index (χ0v) is 17.8. The van der Waals surface area contributed by atoms with Gasteiger partial charge in [0, 0.05) is 16.5 Å². The third kappa shape index (κ3) is 4.16. The second-order valence-electron chi connectivity index (χ2n) is 6.92. The Balaban J connectivity index is 1.50. The summed E-state index contributed by atoms with van der Waals surface area (Å²) in [6.45, 7) is 0. The summed E-state index contributed by atoms with van der Waals surface area (Å²) in [6.07, 6.45) is 0.894. The minimum absolute atomic E-state index is 0.122. The van der Waals surface area contributed by atoms with E-state index in [0.717, 1.165) is 28.8 Å². The van der Waals surface area contributed by atoms with E-state index >= 15 is 0 Å². The Kier molecular flexibility index (Phi) is 5.58. The number of benzene rings is 2. The zero-order valence-electron chi connectivity index (χ0n) is 15.4. The lowest BCUT2D eigenvalue weighted by Crippen LogP contribution is -2.39. The maximum atomic E-state index is 12.1. The smallest absolute Gasteiger partial charge is 0.164 e. The second kappa shape index (κ2) is 7.97. The van der Waals surface area contributed by atoms with Crippen LogP contribution in [0.15, 0.2) is 53.5 Å². The molecule has 2 heterocycles. The maximum absolute atomic E-state index is 12.1. The van der Waals surface area contributed by atoms with Gasteiger partial charge in [-0.3, -0.25) is 4.99 Å². The summed E-state index contributed by atoms with van der Waals surface area (Å²) in [5.41, 5.74) is 2.12. The summed E-state index contributed by atoms with van der Waals surface area (Å²) in [6, 6.07) is 15.2. The fourth-order valence-corrected chi connectivity index (χ4v) is 6.75. The third-order valence-electron chi connectivity index (χ3n) is 4.97. The molecular weight excluding hydrogens is 416 g/mol. The quantitative estimate of drug-likeness (QED) is 0.715. The molecule has 1 saturated heterocycles. The summed E-state index contributed by atoms with van der Waals surface area (Å²) in [7, 11) is -1.40. The highest BCUT2D eigenvalue weighted by Crippen LogP contribution is 2.36. The molecule has 0 spiro atoms. The van der Waals surface area contributed by atoms with Gasteiger partial charge >= 0.3 is 0 Å². The van der Waals surface area contributed by atoms with Crippen molar-refractivity contribution in [2.45, 2.75) is 18.5 Å². The molecule has 2 aliphatic rings. The molecule has 0 amide bonds. The molecule has 2 aliphatic heterocycles. The van der Waals surface area contributed by atoms with Gasteiger partial charge in [-0.25, -0.2) is 8.42 Å². The molecule has 0 unspecified atom stereocenters. The number of amidine groups is 1. The SMILES string of the molecule is COc1ccc(CCSC2=N[C@H]3CS(=O)(=O)C[C@@H]3N2c2cccc(Cl)c2)cc1. The van der Waals surface area contributed by atoms with Crippen LogP contribution in [0.3, 0.4) is 0 Å². The van der Waals surface area contributed by atoms with Gasteiger partial charge in [-0.15, -0.1) is 0 Å². The van der Waals surface area contributed by atoms with Gasteiger partial charge in [0.1, 0.15) is 5.75 Å². The van der Waals surface area contributed by atoms with Crippen LogP contribution >= 0.6 is 23.4 Å². The van der Waals surface area contributed by atoms with Gasteiger partial charge in [0.2, 0.25) is 0 Å². The molecule has 0 aromatic heterocycles. The molecule has 4 rings (SSSR count). The lowest BCUT2D eigenvalue weighted by molar-refractivity contribution is 0.414. The number of sulfone groups is 1. The molecule has 0 saturated carbocycles. The Morgan fingerprint density at radius 3 is 2.71 bits per heavy atom. The molecular formula is C20H21ClN2O3S2. The largest absolute Gasteiger partial charge is 0.497 e. The van der Waals surface area contributed by atoms with E-state index in [2.05, 4.69) is 17.0 Å². The van der Waals surface area contributed by atoms with Crippen molar-refractivity contribution >= 4 is 44.1 Å². The van der Waals surface area contributed by atoms with Crippen LogP contribution in [0.4, 0.5) is 5.69 Å². The Morgan fingerprint density at radius 1 is 1.21 bits per heavy atom. The number of aliphatic imine (C=N–C) groups is 1. The normalized spacial score (nSPS) is 22.8. The summed E-state index contributed by atoms with van der Waals surface area (Å²) in [5.74, 6) is 1.96. The van der Waals surface area contributed by atoms with Crippen LogP contribution in [-0.4, -0.2) is 50.0 Å². The predicted molar refractivity (Wildman–Crippen MR) is 117 cm³/mol. The highest BCUT2D eigenvalue weighted by molar-refractivity contribution is 8.14. The van der Waals surface area contributed by atoms with E-state index in [9.17, 15) is 8.42 Å². The van der Waals surface area contributed by atoms with Gasteiger partial charge in [-0.1, -0.05) is 41.6 Å². The lowest BCUT2D eigenvalue weighted by atomic mass is 10.1.